The Morgan fingerprint density at radius 1 is 1.06 bits per heavy atom. The first kappa shape index (κ1) is 22.8. The van der Waals surface area contributed by atoms with Crippen molar-refractivity contribution in [1.82, 2.24) is 0 Å². The fourth-order valence-electron chi connectivity index (χ4n) is 3.36. The predicted octanol–water partition coefficient (Wildman–Crippen LogP) is 4.44. The SMILES string of the molecule is O=C(Nc1cccc(S(=O)(=O)Nc2ccccc2F)c1)c1ccc(OCC2CCCO2)cc1. The summed E-state index contributed by atoms with van der Waals surface area (Å²) < 4.78 is 52.5. The zero-order valence-corrected chi connectivity index (χ0v) is 18.5. The standard InChI is InChI=1S/C24H23FN2O5S/c25-22-8-1-2-9-23(22)27-33(29,30)21-7-3-5-18(15-21)26-24(28)17-10-12-19(13-11-17)32-16-20-6-4-14-31-20/h1-3,5,7-13,15,20,27H,4,6,14,16H2,(H,26,28). The molecule has 1 amide bonds. The third-order valence-electron chi connectivity index (χ3n) is 5.10. The molecular formula is C24H23FN2O5S. The van der Waals surface area contributed by atoms with Crippen molar-refractivity contribution in [3.63, 3.8) is 0 Å². The highest BCUT2D eigenvalue weighted by Crippen LogP contribution is 2.22. The Hall–Kier alpha value is -3.43. The highest BCUT2D eigenvalue weighted by molar-refractivity contribution is 7.92. The second-order valence-electron chi connectivity index (χ2n) is 7.54. The van der Waals surface area contributed by atoms with Crippen molar-refractivity contribution in [3.8, 4) is 5.75 Å². The number of para-hydroxylation sites is 1. The lowest BCUT2D eigenvalue weighted by atomic mass is 10.2. The molecule has 0 aliphatic carbocycles. The van der Waals surface area contributed by atoms with Crippen molar-refractivity contribution in [2.45, 2.75) is 23.8 Å². The van der Waals surface area contributed by atoms with E-state index in [-0.39, 0.29) is 22.4 Å². The van der Waals surface area contributed by atoms with Gasteiger partial charge in [-0.2, -0.15) is 0 Å². The van der Waals surface area contributed by atoms with Gasteiger partial charge in [-0.15, -0.1) is 0 Å². The van der Waals surface area contributed by atoms with Crippen molar-refractivity contribution in [3.05, 3.63) is 84.2 Å². The Balaban J connectivity index is 1.40. The Labute approximate surface area is 191 Å². The molecule has 1 unspecified atom stereocenters. The lowest BCUT2D eigenvalue weighted by Crippen LogP contribution is -2.16. The largest absolute Gasteiger partial charge is 0.491 e. The third kappa shape index (κ3) is 5.88. The van der Waals surface area contributed by atoms with Crippen LogP contribution in [0.1, 0.15) is 23.2 Å². The van der Waals surface area contributed by atoms with Crippen molar-refractivity contribution < 1.29 is 27.1 Å². The van der Waals surface area contributed by atoms with Gasteiger partial charge in [0.2, 0.25) is 0 Å². The molecule has 0 saturated carbocycles. The van der Waals surface area contributed by atoms with Crippen LogP contribution in [0, 0.1) is 5.82 Å². The van der Waals surface area contributed by atoms with E-state index in [9.17, 15) is 17.6 Å². The van der Waals surface area contributed by atoms with Gasteiger partial charge in [0.25, 0.3) is 15.9 Å². The van der Waals surface area contributed by atoms with Crippen LogP contribution in [0.5, 0.6) is 5.75 Å². The fraction of sp³-hybridized carbons (Fsp3) is 0.208. The molecule has 4 rings (SSSR count). The zero-order chi connectivity index (χ0) is 23.3. The molecule has 7 nitrogen and oxygen atoms in total. The summed E-state index contributed by atoms with van der Waals surface area (Å²) in [6.45, 7) is 1.22. The average molecular weight is 471 g/mol. The Kier molecular flexibility index (Phi) is 6.90. The molecule has 172 valence electrons. The minimum atomic E-state index is -4.05. The second kappa shape index (κ2) is 10.0. The van der Waals surface area contributed by atoms with E-state index in [0.29, 0.717) is 17.9 Å². The lowest BCUT2D eigenvalue weighted by Gasteiger charge is -2.12. The van der Waals surface area contributed by atoms with Gasteiger partial charge in [-0.3, -0.25) is 9.52 Å². The lowest BCUT2D eigenvalue weighted by molar-refractivity contribution is 0.0679. The summed E-state index contributed by atoms with van der Waals surface area (Å²) in [5, 5.41) is 2.68. The second-order valence-corrected chi connectivity index (χ2v) is 9.22. The number of carbonyl (C=O) groups is 1. The van der Waals surface area contributed by atoms with Crippen LogP contribution in [0.3, 0.4) is 0 Å². The number of carbonyl (C=O) groups excluding carboxylic acids is 1. The van der Waals surface area contributed by atoms with Crippen LogP contribution in [0.4, 0.5) is 15.8 Å². The number of amides is 1. The molecule has 0 radical (unpaired) electrons. The van der Waals surface area contributed by atoms with Gasteiger partial charge in [-0.1, -0.05) is 18.2 Å². The van der Waals surface area contributed by atoms with Gasteiger partial charge < -0.3 is 14.8 Å². The summed E-state index contributed by atoms with van der Waals surface area (Å²) in [4.78, 5) is 12.5. The van der Waals surface area contributed by atoms with Gasteiger partial charge >= 0.3 is 0 Å². The molecule has 1 saturated heterocycles. The molecule has 1 heterocycles. The Bertz CT molecular complexity index is 1230. The minimum Gasteiger partial charge on any atom is -0.491 e. The molecule has 0 aromatic heterocycles. The Morgan fingerprint density at radius 3 is 2.58 bits per heavy atom. The van der Waals surface area contributed by atoms with E-state index in [1.807, 2.05) is 0 Å². The molecular weight excluding hydrogens is 447 g/mol. The van der Waals surface area contributed by atoms with Gasteiger partial charge in [0.15, 0.2) is 0 Å². The number of rotatable bonds is 8. The number of hydrogen-bond donors (Lipinski definition) is 2. The summed E-state index contributed by atoms with van der Waals surface area (Å²) >= 11 is 0. The normalized spacial score (nSPS) is 15.7. The number of anilines is 2. The van der Waals surface area contributed by atoms with E-state index < -0.39 is 21.7 Å². The predicted molar refractivity (Wildman–Crippen MR) is 123 cm³/mol. The number of halogens is 1. The molecule has 33 heavy (non-hydrogen) atoms. The van der Waals surface area contributed by atoms with E-state index in [1.165, 1.54) is 36.4 Å². The van der Waals surface area contributed by atoms with Gasteiger partial charge in [-0.05, 0) is 67.4 Å². The molecule has 1 fully saturated rings. The summed E-state index contributed by atoms with van der Waals surface area (Å²) in [5.74, 6) is -0.458. The number of nitrogens with one attached hydrogen (secondary N) is 2. The van der Waals surface area contributed by atoms with E-state index in [0.717, 1.165) is 25.5 Å². The van der Waals surface area contributed by atoms with Crippen molar-refractivity contribution in [1.29, 1.82) is 0 Å². The summed E-state index contributed by atoms with van der Waals surface area (Å²) in [7, 11) is -4.05. The number of benzene rings is 3. The van der Waals surface area contributed by atoms with Crippen LogP contribution in [0.25, 0.3) is 0 Å². The van der Waals surface area contributed by atoms with Gasteiger partial charge in [0, 0.05) is 17.9 Å². The maximum Gasteiger partial charge on any atom is 0.262 e. The molecule has 1 aliphatic rings. The number of sulfonamides is 1. The summed E-state index contributed by atoms with van der Waals surface area (Å²) in [6, 6.07) is 17.8. The molecule has 9 heteroatoms. The van der Waals surface area contributed by atoms with Crippen molar-refractivity contribution in [2.75, 3.05) is 23.3 Å². The molecule has 0 spiro atoms. The van der Waals surface area contributed by atoms with Crippen LogP contribution < -0.4 is 14.8 Å². The van der Waals surface area contributed by atoms with Crippen LogP contribution in [0.2, 0.25) is 0 Å². The monoisotopic (exact) mass is 470 g/mol. The molecule has 0 bridgehead atoms. The quantitative estimate of drug-likeness (QED) is 0.508. The maximum absolute atomic E-state index is 13.8. The van der Waals surface area contributed by atoms with Gasteiger partial charge in [-0.25, -0.2) is 12.8 Å². The average Bonchev–Trinajstić information content (AvgIpc) is 3.33. The van der Waals surface area contributed by atoms with Crippen LogP contribution in [-0.2, 0) is 14.8 Å². The number of hydrogen-bond acceptors (Lipinski definition) is 5. The van der Waals surface area contributed by atoms with Crippen LogP contribution in [0.15, 0.2) is 77.7 Å². The topological polar surface area (TPSA) is 93.7 Å². The van der Waals surface area contributed by atoms with E-state index in [2.05, 4.69) is 10.0 Å². The maximum atomic E-state index is 13.8. The van der Waals surface area contributed by atoms with E-state index in [1.54, 1.807) is 30.3 Å². The molecule has 1 atom stereocenters. The van der Waals surface area contributed by atoms with Crippen molar-refractivity contribution in [2.24, 2.45) is 0 Å². The van der Waals surface area contributed by atoms with E-state index in [4.69, 9.17) is 9.47 Å². The molecule has 1 aliphatic heterocycles. The van der Waals surface area contributed by atoms with Crippen LogP contribution >= 0.6 is 0 Å². The summed E-state index contributed by atoms with van der Waals surface area (Å²) in [6.07, 6.45) is 2.12. The smallest absolute Gasteiger partial charge is 0.262 e. The first-order chi connectivity index (χ1) is 15.9. The highest BCUT2D eigenvalue weighted by Gasteiger charge is 2.18. The van der Waals surface area contributed by atoms with Gasteiger partial charge in [0.05, 0.1) is 16.7 Å². The fourth-order valence-corrected chi connectivity index (χ4v) is 4.47. The van der Waals surface area contributed by atoms with Crippen molar-refractivity contribution >= 4 is 27.3 Å². The van der Waals surface area contributed by atoms with Gasteiger partial charge in [0.1, 0.15) is 18.2 Å². The number of ether oxygens (including phenoxy) is 2. The molecule has 3 aromatic carbocycles. The third-order valence-corrected chi connectivity index (χ3v) is 6.46. The zero-order valence-electron chi connectivity index (χ0n) is 17.7. The van der Waals surface area contributed by atoms with E-state index >= 15 is 0 Å². The molecule has 2 N–H and O–H groups in total. The minimum absolute atomic E-state index is 0.101. The first-order valence-corrected chi connectivity index (χ1v) is 11.9. The highest BCUT2D eigenvalue weighted by atomic mass is 32.2. The first-order valence-electron chi connectivity index (χ1n) is 10.4. The van der Waals surface area contributed by atoms with Crippen LogP contribution in [-0.4, -0.2) is 33.6 Å². The summed E-state index contributed by atoms with van der Waals surface area (Å²) in [5.41, 5.74) is 0.515. The Morgan fingerprint density at radius 2 is 1.85 bits per heavy atom. The molecule has 3 aromatic rings.